The minimum absolute atomic E-state index is 0.115. The average Bonchev–Trinajstić information content (AvgIpc) is 3.17. The molecule has 3 aromatic heterocycles. The van der Waals surface area contributed by atoms with Crippen LogP contribution in [0, 0.1) is 0 Å². The minimum Gasteiger partial charge on any atom is -0.374 e. The van der Waals surface area contributed by atoms with Crippen LogP contribution in [0.2, 0.25) is 0 Å². The fourth-order valence-electron chi connectivity index (χ4n) is 2.96. The molecule has 1 fully saturated rings. The SMILES string of the molecule is CC(C)n1cc(-c2cc3nccnc3c(NC[C@@H]3CNCCO3)n2)cn1. The molecule has 0 aliphatic carbocycles. The number of fused-ring (bicyclic) bond motifs is 1. The molecule has 1 atom stereocenters. The summed E-state index contributed by atoms with van der Waals surface area (Å²) in [5.74, 6) is 0.720. The summed E-state index contributed by atoms with van der Waals surface area (Å²) < 4.78 is 7.68. The van der Waals surface area contributed by atoms with Gasteiger partial charge < -0.3 is 15.4 Å². The van der Waals surface area contributed by atoms with Crippen LogP contribution >= 0.6 is 0 Å². The van der Waals surface area contributed by atoms with Crippen molar-refractivity contribution in [2.24, 2.45) is 0 Å². The number of ether oxygens (including phenoxy) is 1. The Morgan fingerprint density at radius 2 is 2.23 bits per heavy atom. The molecule has 8 nitrogen and oxygen atoms in total. The van der Waals surface area contributed by atoms with E-state index >= 15 is 0 Å². The molecule has 4 rings (SSSR count). The molecule has 2 N–H and O–H groups in total. The summed E-state index contributed by atoms with van der Waals surface area (Å²) in [6, 6.07) is 2.26. The van der Waals surface area contributed by atoms with Crippen molar-refractivity contribution in [3.63, 3.8) is 0 Å². The molecular weight excluding hydrogens is 330 g/mol. The van der Waals surface area contributed by atoms with Gasteiger partial charge in [0.1, 0.15) is 5.52 Å². The van der Waals surface area contributed by atoms with E-state index in [4.69, 9.17) is 9.72 Å². The Bertz CT molecular complexity index is 886. The van der Waals surface area contributed by atoms with Gasteiger partial charge in [-0.1, -0.05) is 0 Å². The number of nitrogens with one attached hydrogen (secondary N) is 2. The highest BCUT2D eigenvalue weighted by Crippen LogP contribution is 2.25. The maximum Gasteiger partial charge on any atom is 0.154 e. The molecule has 1 aliphatic heterocycles. The van der Waals surface area contributed by atoms with Crippen molar-refractivity contribution in [2.45, 2.75) is 26.0 Å². The third kappa shape index (κ3) is 3.51. The largest absolute Gasteiger partial charge is 0.374 e. The molecule has 3 aromatic rings. The van der Waals surface area contributed by atoms with Gasteiger partial charge in [0.25, 0.3) is 0 Å². The summed E-state index contributed by atoms with van der Waals surface area (Å²) in [5.41, 5.74) is 3.36. The van der Waals surface area contributed by atoms with Crippen LogP contribution < -0.4 is 10.6 Å². The maximum absolute atomic E-state index is 5.75. The molecule has 1 aliphatic rings. The number of pyridine rings is 1. The van der Waals surface area contributed by atoms with Gasteiger partial charge >= 0.3 is 0 Å². The average molecular weight is 353 g/mol. The summed E-state index contributed by atoms with van der Waals surface area (Å²) in [6.07, 6.45) is 7.34. The van der Waals surface area contributed by atoms with E-state index in [2.05, 4.69) is 39.5 Å². The van der Waals surface area contributed by atoms with Crippen LogP contribution in [0.1, 0.15) is 19.9 Å². The van der Waals surface area contributed by atoms with E-state index in [0.717, 1.165) is 47.8 Å². The number of morpholine rings is 1. The number of hydrogen-bond acceptors (Lipinski definition) is 7. The van der Waals surface area contributed by atoms with E-state index in [9.17, 15) is 0 Å². The molecule has 1 saturated heterocycles. The summed E-state index contributed by atoms with van der Waals surface area (Å²) in [6.45, 7) is 7.33. The summed E-state index contributed by atoms with van der Waals surface area (Å²) in [4.78, 5) is 13.7. The van der Waals surface area contributed by atoms with E-state index in [-0.39, 0.29) is 6.10 Å². The van der Waals surface area contributed by atoms with Gasteiger partial charge in [-0.3, -0.25) is 9.67 Å². The molecule has 0 amide bonds. The lowest BCUT2D eigenvalue weighted by Crippen LogP contribution is -2.42. The van der Waals surface area contributed by atoms with Crippen molar-refractivity contribution >= 4 is 16.9 Å². The van der Waals surface area contributed by atoms with Gasteiger partial charge in [0, 0.05) is 49.8 Å². The first-order valence-electron chi connectivity index (χ1n) is 8.93. The van der Waals surface area contributed by atoms with Gasteiger partial charge in [-0.05, 0) is 19.9 Å². The number of rotatable bonds is 5. The second kappa shape index (κ2) is 7.35. The second-order valence-electron chi connectivity index (χ2n) is 6.66. The third-order valence-corrected chi connectivity index (χ3v) is 4.38. The number of nitrogens with zero attached hydrogens (tertiary/aromatic N) is 5. The van der Waals surface area contributed by atoms with Crippen LogP contribution in [0.15, 0.2) is 30.9 Å². The zero-order chi connectivity index (χ0) is 17.9. The molecule has 0 radical (unpaired) electrons. The first-order valence-corrected chi connectivity index (χ1v) is 8.93. The van der Waals surface area contributed by atoms with E-state index in [1.54, 1.807) is 12.4 Å². The highest BCUT2D eigenvalue weighted by Gasteiger charge is 2.16. The van der Waals surface area contributed by atoms with Gasteiger partial charge in [-0.2, -0.15) is 5.10 Å². The predicted octanol–water partition coefficient (Wildman–Crippen LogP) is 1.87. The number of hydrogen-bond donors (Lipinski definition) is 2. The fourth-order valence-corrected chi connectivity index (χ4v) is 2.96. The summed E-state index contributed by atoms with van der Waals surface area (Å²) in [7, 11) is 0. The molecule has 136 valence electrons. The smallest absolute Gasteiger partial charge is 0.154 e. The van der Waals surface area contributed by atoms with Crippen LogP contribution in [0.25, 0.3) is 22.3 Å². The zero-order valence-electron chi connectivity index (χ0n) is 15.0. The Labute approximate surface area is 152 Å². The van der Waals surface area contributed by atoms with E-state index in [1.807, 2.05) is 23.1 Å². The molecule has 0 spiro atoms. The quantitative estimate of drug-likeness (QED) is 0.724. The maximum atomic E-state index is 5.75. The monoisotopic (exact) mass is 353 g/mol. The second-order valence-corrected chi connectivity index (χ2v) is 6.66. The van der Waals surface area contributed by atoms with Gasteiger partial charge in [-0.15, -0.1) is 0 Å². The van der Waals surface area contributed by atoms with Crippen LogP contribution in [-0.4, -0.2) is 57.1 Å². The highest BCUT2D eigenvalue weighted by atomic mass is 16.5. The Morgan fingerprint density at radius 3 is 3.00 bits per heavy atom. The molecule has 0 aromatic carbocycles. The lowest BCUT2D eigenvalue weighted by molar-refractivity contribution is 0.0372. The summed E-state index contributed by atoms with van der Waals surface area (Å²) >= 11 is 0. The lowest BCUT2D eigenvalue weighted by atomic mass is 10.2. The molecule has 4 heterocycles. The van der Waals surface area contributed by atoms with Crippen molar-refractivity contribution in [1.29, 1.82) is 0 Å². The highest BCUT2D eigenvalue weighted by molar-refractivity contribution is 5.88. The van der Waals surface area contributed by atoms with Crippen molar-refractivity contribution in [3.8, 4) is 11.3 Å². The van der Waals surface area contributed by atoms with Crippen LogP contribution in [0.3, 0.4) is 0 Å². The lowest BCUT2D eigenvalue weighted by Gasteiger charge is -2.24. The van der Waals surface area contributed by atoms with Crippen molar-refractivity contribution in [2.75, 3.05) is 31.6 Å². The molecule has 26 heavy (non-hydrogen) atoms. The Balaban J connectivity index is 1.65. The van der Waals surface area contributed by atoms with Gasteiger partial charge in [0.15, 0.2) is 5.82 Å². The van der Waals surface area contributed by atoms with Gasteiger partial charge in [0.2, 0.25) is 0 Å². The van der Waals surface area contributed by atoms with Crippen molar-refractivity contribution in [1.82, 2.24) is 30.0 Å². The molecular formula is C18H23N7O. The zero-order valence-corrected chi connectivity index (χ0v) is 15.0. The Morgan fingerprint density at radius 1 is 1.35 bits per heavy atom. The third-order valence-electron chi connectivity index (χ3n) is 4.38. The molecule has 0 unspecified atom stereocenters. The predicted molar refractivity (Wildman–Crippen MR) is 100 cm³/mol. The van der Waals surface area contributed by atoms with Crippen molar-refractivity contribution < 1.29 is 4.74 Å². The number of aromatic nitrogens is 5. The van der Waals surface area contributed by atoms with E-state index in [0.29, 0.717) is 12.6 Å². The topological polar surface area (TPSA) is 89.8 Å². The fraction of sp³-hybridized carbons (Fsp3) is 0.444. The molecule has 0 bridgehead atoms. The Hall–Kier alpha value is -2.58. The van der Waals surface area contributed by atoms with Crippen LogP contribution in [-0.2, 0) is 4.74 Å². The van der Waals surface area contributed by atoms with Gasteiger partial charge in [-0.25, -0.2) is 9.97 Å². The molecule has 8 heteroatoms. The Kier molecular flexibility index (Phi) is 4.77. The van der Waals surface area contributed by atoms with Crippen LogP contribution in [0.4, 0.5) is 5.82 Å². The standard InChI is InChI=1S/C18H23N7O/c1-12(2)25-11-13(8-23-25)15-7-16-17(21-4-3-20-16)18(24-15)22-10-14-9-19-5-6-26-14/h3-4,7-8,11-12,14,19H,5-6,9-10H2,1-2H3,(H,22,24)/t14-/m0/s1. The first kappa shape index (κ1) is 16.9. The van der Waals surface area contributed by atoms with E-state index < -0.39 is 0 Å². The van der Waals surface area contributed by atoms with Crippen LogP contribution in [0.5, 0.6) is 0 Å². The normalized spacial score (nSPS) is 17.7. The summed E-state index contributed by atoms with van der Waals surface area (Å²) in [5, 5.41) is 11.1. The first-order chi connectivity index (χ1) is 12.7. The van der Waals surface area contributed by atoms with Crippen molar-refractivity contribution in [3.05, 3.63) is 30.9 Å². The van der Waals surface area contributed by atoms with E-state index in [1.165, 1.54) is 0 Å². The number of anilines is 1. The molecule has 0 saturated carbocycles. The minimum atomic E-state index is 0.115. The van der Waals surface area contributed by atoms with Gasteiger partial charge in [0.05, 0.1) is 30.1 Å².